The number of likely N-dealkylation sites (N-methyl/N-ethyl adjacent to an activating group) is 1. The second-order valence-corrected chi connectivity index (χ2v) is 3.67. The van der Waals surface area contributed by atoms with Crippen molar-refractivity contribution in [3.05, 3.63) is 0 Å². The molecule has 0 saturated carbocycles. The molecule has 0 radical (unpaired) electrons. The van der Waals surface area contributed by atoms with Gasteiger partial charge in [-0.15, -0.1) is 0 Å². The zero-order valence-electron chi connectivity index (χ0n) is 11.6. The average molecular weight is 207 g/mol. The van der Waals surface area contributed by atoms with Crippen molar-refractivity contribution in [2.24, 2.45) is 0 Å². The number of quaternary nitrogens is 1. The van der Waals surface area contributed by atoms with E-state index in [4.69, 9.17) is 9.22 Å². The molecule has 0 aliphatic heterocycles. The van der Waals surface area contributed by atoms with Gasteiger partial charge in [-0.25, -0.2) is 0 Å². The van der Waals surface area contributed by atoms with Crippen LogP contribution in [0.1, 0.15) is 17.5 Å². The summed E-state index contributed by atoms with van der Waals surface area (Å²) in [5.74, 6) is -1.79. The Hall–Kier alpha value is -0.940. The van der Waals surface area contributed by atoms with Crippen LogP contribution in [0.15, 0.2) is 0 Å². The fourth-order valence-corrected chi connectivity index (χ4v) is 1.13. The standard InChI is InChI=1S/C9H17NO4/c1-7(11)5-10(2,3)6-8(12)4-9(13)14/h8,12H,4-6H2,1-3H3/p+1/t8-/m1/s1/i6D2,8D. The normalized spacial score (nSPS) is 20.1. The highest BCUT2D eigenvalue weighted by molar-refractivity contribution is 5.76. The zero-order chi connectivity index (χ0) is 14.1. The van der Waals surface area contributed by atoms with Crippen molar-refractivity contribution in [1.29, 1.82) is 0 Å². The summed E-state index contributed by atoms with van der Waals surface area (Å²) in [7, 11) is 2.64. The number of ketones is 1. The lowest BCUT2D eigenvalue weighted by molar-refractivity contribution is -0.885. The molecule has 0 unspecified atom stereocenters. The lowest BCUT2D eigenvalue weighted by atomic mass is 10.2. The first-order valence-corrected chi connectivity index (χ1v) is 4.10. The maximum absolute atomic E-state index is 11.0. The minimum Gasteiger partial charge on any atom is -0.481 e. The number of aliphatic hydroxyl groups is 1. The van der Waals surface area contributed by atoms with Crippen LogP contribution in [0.3, 0.4) is 0 Å². The van der Waals surface area contributed by atoms with E-state index in [0.29, 0.717) is 0 Å². The fraction of sp³-hybridized carbons (Fsp3) is 0.778. The molecule has 0 aromatic rings. The Morgan fingerprint density at radius 3 is 2.43 bits per heavy atom. The van der Waals surface area contributed by atoms with E-state index >= 15 is 0 Å². The number of hydrogen-bond acceptors (Lipinski definition) is 3. The summed E-state index contributed by atoms with van der Waals surface area (Å²) in [6, 6.07) is 0. The van der Waals surface area contributed by atoms with E-state index in [1.165, 1.54) is 21.0 Å². The predicted molar refractivity (Wildman–Crippen MR) is 50.8 cm³/mol. The molecule has 0 aromatic carbocycles. The van der Waals surface area contributed by atoms with Crippen molar-refractivity contribution >= 4 is 11.8 Å². The largest absolute Gasteiger partial charge is 0.481 e. The summed E-state index contributed by atoms with van der Waals surface area (Å²) in [4.78, 5) is 21.5. The Morgan fingerprint density at radius 2 is 2.07 bits per heavy atom. The van der Waals surface area contributed by atoms with Crippen molar-refractivity contribution in [3.63, 3.8) is 0 Å². The third kappa shape index (κ3) is 6.56. The Morgan fingerprint density at radius 1 is 1.57 bits per heavy atom. The summed E-state index contributed by atoms with van der Waals surface area (Å²) in [5.41, 5.74) is 0. The van der Waals surface area contributed by atoms with Crippen LogP contribution in [0.5, 0.6) is 0 Å². The molecule has 0 bridgehead atoms. The lowest BCUT2D eigenvalue weighted by Gasteiger charge is -2.30. The monoisotopic (exact) mass is 207 g/mol. The van der Waals surface area contributed by atoms with Gasteiger partial charge >= 0.3 is 5.97 Å². The Balaban J connectivity index is 5.22. The molecule has 0 fully saturated rings. The molecule has 2 N–H and O–H groups in total. The van der Waals surface area contributed by atoms with Crippen molar-refractivity contribution in [2.75, 3.05) is 27.1 Å². The number of carboxylic acid groups (broad SMARTS) is 1. The summed E-state index contributed by atoms with van der Waals surface area (Å²) >= 11 is 0. The quantitative estimate of drug-likeness (QED) is 0.575. The van der Waals surface area contributed by atoms with Crippen LogP contribution in [0.25, 0.3) is 0 Å². The molecule has 0 aliphatic carbocycles. The van der Waals surface area contributed by atoms with E-state index in [1.54, 1.807) is 0 Å². The van der Waals surface area contributed by atoms with Gasteiger partial charge in [-0.1, -0.05) is 0 Å². The maximum atomic E-state index is 11.0. The molecule has 0 amide bonds. The van der Waals surface area contributed by atoms with Crippen molar-refractivity contribution in [3.8, 4) is 0 Å². The van der Waals surface area contributed by atoms with E-state index in [0.717, 1.165) is 0 Å². The molecule has 0 rings (SSSR count). The highest BCUT2D eigenvalue weighted by Crippen LogP contribution is 2.03. The first-order chi connectivity index (χ1) is 7.33. The Labute approximate surface area is 87.8 Å². The highest BCUT2D eigenvalue weighted by atomic mass is 16.4. The van der Waals surface area contributed by atoms with Crippen LogP contribution >= 0.6 is 0 Å². The van der Waals surface area contributed by atoms with Crippen molar-refractivity contribution in [2.45, 2.75) is 19.4 Å². The van der Waals surface area contributed by atoms with Gasteiger partial charge in [0.2, 0.25) is 0 Å². The molecule has 5 heteroatoms. The SMILES string of the molecule is [2H]C([2H])([C@]([2H])(O)CC(=O)O)[N+](C)(C)CC(C)=O. The Kier molecular flexibility index (Phi) is 3.03. The minimum atomic E-state index is -2.81. The predicted octanol–water partition coefficient (Wildman–Crippen LogP) is -0.513. The first-order valence-electron chi connectivity index (χ1n) is 5.60. The van der Waals surface area contributed by atoms with E-state index in [9.17, 15) is 14.7 Å². The van der Waals surface area contributed by atoms with Gasteiger partial charge in [-0.3, -0.25) is 9.59 Å². The molecule has 0 aliphatic rings. The van der Waals surface area contributed by atoms with Crippen molar-refractivity contribution < 1.29 is 28.4 Å². The molecule has 0 spiro atoms. The number of aliphatic carboxylic acids is 1. The minimum absolute atomic E-state index is 0.242. The van der Waals surface area contributed by atoms with Crippen LogP contribution in [0.2, 0.25) is 0 Å². The van der Waals surface area contributed by atoms with Gasteiger partial charge in [0.1, 0.15) is 19.1 Å². The molecule has 82 valence electrons. The lowest BCUT2D eigenvalue weighted by Crippen LogP contribution is -2.48. The maximum Gasteiger partial charge on any atom is 0.306 e. The van der Waals surface area contributed by atoms with Gasteiger partial charge in [0.05, 0.1) is 24.6 Å². The van der Waals surface area contributed by atoms with E-state index < -0.39 is 29.5 Å². The van der Waals surface area contributed by atoms with E-state index in [-0.39, 0.29) is 12.3 Å². The molecule has 0 saturated heterocycles. The van der Waals surface area contributed by atoms with Crippen LogP contribution < -0.4 is 0 Å². The van der Waals surface area contributed by atoms with Gasteiger partial charge in [-0.05, 0) is 0 Å². The summed E-state index contributed by atoms with van der Waals surface area (Å²) in [6.45, 7) is -1.57. The number of carbonyl (C=O) groups is 2. The number of carboxylic acids is 1. The molecule has 1 atom stereocenters. The van der Waals surface area contributed by atoms with Crippen LogP contribution in [-0.2, 0) is 9.59 Å². The van der Waals surface area contributed by atoms with E-state index in [1.807, 2.05) is 0 Å². The first kappa shape index (κ1) is 8.38. The summed E-state index contributed by atoms with van der Waals surface area (Å²) in [6.07, 6.45) is -3.86. The molecule has 5 nitrogen and oxygen atoms in total. The van der Waals surface area contributed by atoms with Gasteiger partial charge in [0, 0.05) is 6.92 Å². The number of hydrogen-bond donors (Lipinski definition) is 2. The van der Waals surface area contributed by atoms with Crippen LogP contribution in [-0.4, -0.2) is 59.7 Å². The third-order valence-corrected chi connectivity index (χ3v) is 1.37. The topological polar surface area (TPSA) is 74.6 Å². The van der Waals surface area contributed by atoms with Gasteiger partial charge < -0.3 is 14.7 Å². The second kappa shape index (κ2) is 5.07. The van der Waals surface area contributed by atoms with Crippen LogP contribution in [0, 0.1) is 0 Å². The highest BCUT2D eigenvalue weighted by Gasteiger charge is 2.23. The number of nitrogens with zero attached hydrogens (tertiary/aromatic N) is 1. The third-order valence-electron chi connectivity index (χ3n) is 1.37. The van der Waals surface area contributed by atoms with Gasteiger partial charge in [0.15, 0.2) is 5.78 Å². The fourth-order valence-electron chi connectivity index (χ4n) is 1.13. The number of Topliss-reactive ketones (excluding diaryl/α,β-unsaturated/α-hetero) is 1. The molecule has 0 aromatic heterocycles. The van der Waals surface area contributed by atoms with Crippen LogP contribution in [0.4, 0.5) is 0 Å². The molecular formula is C9H18NO4+. The molecular weight excluding hydrogens is 186 g/mol. The summed E-state index contributed by atoms with van der Waals surface area (Å²) in [5, 5.41) is 18.2. The molecule has 14 heavy (non-hydrogen) atoms. The second-order valence-electron chi connectivity index (χ2n) is 3.67. The summed E-state index contributed by atoms with van der Waals surface area (Å²) < 4.78 is 22.2. The Bertz CT molecular complexity index is 298. The van der Waals surface area contributed by atoms with Gasteiger partial charge in [-0.2, -0.15) is 0 Å². The van der Waals surface area contributed by atoms with Crippen molar-refractivity contribution in [1.82, 2.24) is 0 Å². The average Bonchev–Trinajstić information content (AvgIpc) is 1.97. The number of rotatable bonds is 6. The van der Waals surface area contributed by atoms with E-state index in [2.05, 4.69) is 0 Å². The zero-order valence-corrected chi connectivity index (χ0v) is 8.57. The molecule has 0 heterocycles. The van der Waals surface area contributed by atoms with Gasteiger partial charge in [0.25, 0.3) is 0 Å². The number of carbonyl (C=O) groups excluding carboxylic acids is 1. The smallest absolute Gasteiger partial charge is 0.306 e.